The Balaban J connectivity index is 1.46. The summed E-state index contributed by atoms with van der Waals surface area (Å²) in [7, 11) is 0. The number of carbonyl (C=O) groups excluding carboxylic acids is 1. The maximum Gasteiger partial charge on any atom is 0.416 e. The Morgan fingerprint density at radius 1 is 0.971 bits per heavy atom. The molecule has 0 N–H and O–H groups in total. The molecule has 0 bridgehead atoms. The van der Waals surface area contributed by atoms with Crippen LogP contribution in [0.4, 0.5) is 13.2 Å². The Bertz CT molecular complexity index is 1420. The number of alkyl halides is 3. The molecular weight excluding hydrogens is 493 g/mol. The number of halogens is 4. The van der Waals surface area contributed by atoms with Gasteiger partial charge < -0.3 is 0 Å². The van der Waals surface area contributed by atoms with Crippen molar-refractivity contribution in [3.63, 3.8) is 0 Å². The summed E-state index contributed by atoms with van der Waals surface area (Å²) in [5, 5.41) is 1.71. The SMILES string of the molecule is O=C1C(=Cc2ccc(Cl)cc2)N=C(c2ccc(C(F)(F)F)cc2)N1CCc1cc2ccccc2s1. The molecule has 0 spiro atoms. The molecule has 1 aliphatic heterocycles. The second-order valence-electron chi connectivity index (χ2n) is 8.05. The van der Waals surface area contributed by atoms with Gasteiger partial charge in [0.15, 0.2) is 0 Å². The van der Waals surface area contributed by atoms with Gasteiger partial charge in [-0.2, -0.15) is 13.2 Å². The summed E-state index contributed by atoms with van der Waals surface area (Å²) in [4.78, 5) is 20.5. The first-order chi connectivity index (χ1) is 16.8. The zero-order valence-electron chi connectivity index (χ0n) is 18.2. The standard InChI is InChI=1S/C27H18ClF3N2OS/c28-21-11-5-17(6-12-21)15-23-26(34)33(14-13-22-16-19-3-1-2-4-24(19)35-22)25(32-23)18-7-9-20(10-8-18)27(29,30)31/h1-12,15-16H,13-14H2. The maximum atomic E-state index is 13.3. The molecule has 1 aliphatic rings. The Kier molecular flexibility index (Phi) is 6.21. The summed E-state index contributed by atoms with van der Waals surface area (Å²) in [5.41, 5.74) is 0.667. The molecule has 35 heavy (non-hydrogen) atoms. The number of hydrogen-bond acceptors (Lipinski definition) is 3. The number of rotatable bonds is 5. The van der Waals surface area contributed by atoms with Crippen molar-refractivity contribution in [1.29, 1.82) is 0 Å². The lowest BCUT2D eigenvalue weighted by Gasteiger charge is -2.18. The molecule has 0 unspecified atom stereocenters. The molecule has 0 atom stereocenters. The van der Waals surface area contributed by atoms with Crippen LogP contribution in [0.3, 0.4) is 0 Å². The van der Waals surface area contributed by atoms with Crippen molar-refractivity contribution in [3.8, 4) is 0 Å². The number of aliphatic imine (C=N–C) groups is 1. The van der Waals surface area contributed by atoms with E-state index in [1.54, 1.807) is 41.7 Å². The second-order valence-corrected chi connectivity index (χ2v) is 9.65. The first-order valence-electron chi connectivity index (χ1n) is 10.8. The van der Waals surface area contributed by atoms with Gasteiger partial charge in [0.1, 0.15) is 11.5 Å². The molecule has 0 saturated heterocycles. The third-order valence-electron chi connectivity index (χ3n) is 5.65. The van der Waals surface area contributed by atoms with Gasteiger partial charge >= 0.3 is 6.18 Å². The van der Waals surface area contributed by atoms with Crippen LogP contribution < -0.4 is 0 Å². The van der Waals surface area contributed by atoms with E-state index in [0.717, 1.165) is 32.7 Å². The molecule has 3 aromatic carbocycles. The van der Waals surface area contributed by atoms with E-state index < -0.39 is 11.7 Å². The molecule has 0 radical (unpaired) electrons. The molecule has 8 heteroatoms. The van der Waals surface area contributed by atoms with Crippen molar-refractivity contribution in [3.05, 3.63) is 111 Å². The van der Waals surface area contributed by atoms with E-state index >= 15 is 0 Å². The van der Waals surface area contributed by atoms with Crippen molar-refractivity contribution < 1.29 is 18.0 Å². The van der Waals surface area contributed by atoms with Crippen LogP contribution in [0, 0.1) is 0 Å². The number of hydrogen-bond donors (Lipinski definition) is 0. The van der Waals surface area contributed by atoms with Crippen molar-refractivity contribution in [2.24, 2.45) is 4.99 Å². The Labute approximate surface area is 208 Å². The molecular formula is C27H18ClF3N2OS. The van der Waals surface area contributed by atoms with Gasteiger partial charge in [-0.15, -0.1) is 11.3 Å². The summed E-state index contributed by atoms with van der Waals surface area (Å²) in [6.07, 6.45) is -2.19. The van der Waals surface area contributed by atoms with Crippen LogP contribution in [-0.4, -0.2) is 23.2 Å². The van der Waals surface area contributed by atoms with Crippen molar-refractivity contribution in [2.45, 2.75) is 12.6 Å². The lowest BCUT2D eigenvalue weighted by atomic mass is 10.1. The third kappa shape index (κ3) is 5.01. The minimum atomic E-state index is -4.44. The first-order valence-corrected chi connectivity index (χ1v) is 12.0. The summed E-state index contributed by atoms with van der Waals surface area (Å²) >= 11 is 7.61. The fourth-order valence-electron chi connectivity index (χ4n) is 3.89. The Morgan fingerprint density at radius 2 is 1.69 bits per heavy atom. The lowest BCUT2D eigenvalue weighted by molar-refractivity contribution is -0.137. The van der Waals surface area contributed by atoms with E-state index in [4.69, 9.17) is 11.6 Å². The number of carbonyl (C=O) groups is 1. The monoisotopic (exact) mass is 510 g/mol. The van der Waals surface area contributed by atoms with Crippen LogP contribution in [0.25, 0.3) is 16.2 Å². The summed E-state index contributed by atoms with van der Waals surface area (Å²) in [5.74, 6) is 0.0426. The smallest absolute Gasteiger partial charge is 0.290 e. The third-order valence-corrected chi connectivity index (χ3v) is 7.08. The van der Waals surface area contributed by atoms with Gasteiger partial charge in [-0.3, -0.25) is 9.69 Å². The van der Waals surface area contributed by atoms with Crippen LogP contribution in [0.15, 0.2) is 89.6 Å². The number of amidine groups is 1. The number of benzene rings is 3. The van der Waals surface area contributed by atoms with Crippen LogP contribution in [0.1, 0.15) is 21.6 Å². The fraction of sp³-hybridized carbons (Fsp3) is 0.111. The molecule has 176 valence electrons. The van der Waals surface area contributed by atoms with E-state index in [1.807, 2.05) is 24.3 Å². The predicted octanol–water partition coefficient (Wildman–Crippen LogP) is 7.45. The molecule has 0 aliphatic carbocycles. The van der Waals surface area contributed by atoms with E-state index in [-0.39, 0.29) is 11.6 Å². The number of amides is 1. The quantitative estimate of drug-likeness (QED) is 0.257. The molecule has 3 nitrogen and oxygen atoms in total. The maximum absolute atomic E-state index is 13.3. The normalized spacial score (nSPS) is 15.3. The Morgan fingerprint density at radius 3 is 2.37 bits per heavy atom. The molecule has 1 amide bonds. The van der Waals surface area contributed by atoms with Gasteiger partial charge in [0.25, 0.3) is 5.91 Å². The van der Waals surface area contributed by atoms with Crippen molar-refractivity contribution >= 4 is 50.8 Å². The summed E-state index contributed by atoms with van der Waals surface area (Å²) < 4.78 is 40.3. The molecule has 0 saturated carbocycles. The van der Waals surface area contributed by atoms with Crippen LogP contribution >= 0.6 is 22.9 Å². The highest BCUT2D eigenvalue weighted by atomic mass is 35.5. The zero-order valence-corrected chi connectivity index (χ0v) is 19.8. The average molecular weight is 511 g/mol. The highest BCUT2D eigenvalue weighted by Crippen LogP contribution is 2.31. The van der Waals surface area contributed by atoms with Gasteiger partial charge in [0.2, 0.25) is 0 Å². The van der Waals surface area contributed by atoms with Gasteiger partial charge in [0, 0.05) is 26.7 Å². The van der Waals surface area contributed by atoms with Gasteiger partial charge in [-0.05, 0) is 59.8 Å². The topological polar surface area (TPSA) is 32.7 Å². The fourth-order valence-corrected chi connectivity index (χ4v) is 5.06. The summed E-state index contributed by atoms with van der Waals surface area (Å²) in [6.45, 7) is 0.351. The number of thiophene rings is 1. The second kappa shape index (κ2) is 9.32. The van der Waals surface area contributed by atoms with Gasteiger partial charge in [0.05, 0.1) is 5.56 Å². The van der Waals surface area contributed by atoms with Crippen LogP contribution in [0.5, 0.6) is 0 Å². The van der Waals surface area contributed by atoms with E-state index in [2.05, 4.69) is 11.1 Å². The van der Waals surface area contributed by atoms with Crippen molar-refractivity contribution in [2.75, 3.05) is 6.54 Å². The molecule has 1 aromatic heterocycles. The minimum absolute atomic E-state index is 0.221. The minimum Gasteiger partial charge on any atom is -0.290 e. The zero-order chi connectivity index (χ0) is 24.6. The lowest BCUT2D eigenvalue weighted by Crippen LogP contribution is -2.34. The highest BCUT2D eigenvalue weighted by Gasteiger charge is 2.33. The molecule has 2 heterocycles. The Hall–Kier alpha value is -3.42. The largest absolute Gasteiger partial charge is 0.416 e. The van der Waals surface area contributed by atoms with Crippen LogP contribution in [0.2, 0.25) is 5.02 Å². The molecule has 4 aromatic rings. The predicted molar refractivity (Wildman–Crippen MR) is 135 cm³/mol. The van der Waals surface area contributed by atoms with Crippen LogP contribution in [-0.2, 0) is 17.4 Å². The van der Waals surface area contributed by atoms with E-state index in [9.17, 15) is 18.0 Å². The van der Waals surface area contributed by atoms with Gasteiger partial charge in [-0.25, -0.2) is 4.99 Å². The first kappa shape index (κ1) is 23.3. The summed E-state index contributed by atoms with van der Waals surface area (Å²) in [6, 6.07) is 21.8. The number of nitrogens with zero attached hydrogens (tertiary/aromatic N) is 2. The van der Waals surface area contributed by atoms with E-state index in [0.29, 0.717) is 29.4 Å². The van der Waals surface area contributed by atoms with Crippen molar-refractivity contribution in [1.82, 2.24) is 4.90 Å². The van der Waals surface area contributed by atoms with E-state index in [1.165, 1.54) is 17.0 Å². The highest BCUT2D eigenvalue weighted by molar-refractivity contribution is 7.19. The van der Waals surface area contributed by atoms with Gasteiger partial charge in [-0.1, -0.05) is 54.1 Å². The average Bonchev–Trinajstić information content (AvgIpc) is 3.39. The molecule has 0 fully saturated rings. The number of fused-ring (bicyclic) bond motifs is 1. The molecule has 5 rings (SSSR count).